The first kappa shape index (κ1) is 19.4. The smallest absolute Gasteiger partial charge is 0.337 e. The van der Waals surface area contributed by atoms with Gasteiger partial charge in [0.25, 0.3) is 5.91 Å². The van der Waals surface area contributed by atoms with Crippen molar-refractivity contribution >= 4 is 29.2 Å². The number of anilines is 1. The second-order valence-corrected chi connectivity index (χ2v) is 5.68. The first-order valence-electron chi connectivity index (χ1n) is 8.00. The third kappa shape index (κ3) is 6.18. The number of carbonyl (C=O) groups excluding carboxylic acids is 2. The fraction of sp³-hybridized carbons (Fsp3) is 0.222. The van der Waals surface area contributed by atoms with E-state index in [0.29, 0.717) is 28.8 Å². The lowest BCUT2D eigenvalue weighted by atomic mass is 10.3. The van der Waals surface area contributed by atoms with Gasteiger partial charge >= 0.3 is 6.03 Å². The Kier molecular flexibility index (Phi) is 7.11. The Morgan fingerprint density at radius 3 is 2.46 bits per heavy atom. The number of nitrogens with one attached hydrogen (secondary N) is 3. The monoisotopic (exact) mass is 377 g/mol. The van der Waals surface area contributed by atoms with E-state index < -0.39 is 18.0 Å². The third-order valence-corrected chi connectivity index (χ3v) is 3.44. The fourth-order valence-corrected chi connectivity index (χ4v) is 2.16. The molecule has 0 bridgehead atoms. The molecule has 1 unspecified atom stereocenters. The second-order valence-electron chi connectivity index (χ2n) is 5.24. The summed E-state index contributed by atoms with van der Waals surface area (Å²) in [4.78, 5) is 23.8. The van der Waals surface area contributed by atoms with Crippen molar-refractivity contribution in [3.63, 3.8) is 0 Å². The molecule has 3 amide bonds. The van der Waals surface area contributed by atoms with Gasteiger partial charge < -0.3 is 14.8 Å². The Morgan fingerprint density at radius 2 is 1.81 bits per heavy atom. The van der Waals surface area contributed by atoms with Gasteiger partial charge in [0, 0.05) is 10.7 Å². The average molecular weight is 378 g/mol. The van der Waals surface area contributed by atoms with Crippen LogP contribution in [0.15, 0.2) is 48.5 Å². The molecule has 0 aliphatic heterocycles. The van der Waals surface area contributed by atoms with E-state index in [1.807, 2.05) is 6.92 Å². The Morgan fingerprint density at radius 1 is 1.08 bits per heavy atom. The number of hydrogen-bond donors (Lipinski definition) is 3. The van der Waals surface area contributed by atoms with Crippen molar-refractivity contribution in [3.8, 4) is 11.5 Å². The van der Waals surface area contributed by atoms with Crippen molar-refractivity contribution < 1.29 is 19.1 Å². The maximum atomic E-state index is 12.0. The Balaban J connectivity index is 1.77. The summed E-state index contributed by atoms with van der Waals surface area (Å²) >= 11 is 5.86. The summed E-state index contributed by atoms with van der Waals surface area (Å²) < 4.78 is 10.8. The van der Waals surface area contributed by atoms with Crippen molar-refractivity contribution in [2.24, 2.45) is 0 Å². The second kappa shape index (κ2) is 9.53. The minimum absolute atomic E-state index is 0.457. The molecule has 0 saturated heterocycles. The zero-order valence-corrected chi connectivity index (χ0v) is 15.2. The minimum atomic E-state index is -0.820. The highest BCUT2D eigenvalue weighted by molar-refractivity contribution is 6.30. The molecule has 0 aliphatic carbocycles. The number of amides is 3. The number of urea groups is 1. The highest BCUT2D eigenvalue weighted by Crippen LogP contribution is 2.18. The molecule has 8 heteroatoms. The van der Waals surface area contributed by atoms with Crippen LogP contribution in [0.3, 0.4) is 0 Å². The van der Waals surface area contributed by atoms with Crippen molar-refractivity contribution in [3.05, 3.63) is 53.6 Å². The van der Waals surface area contributed by atoms with Crippen molar-refractivity contribution in [2.75, 3.05) is 11.9 Å². The number of ether oxygens (including phenoxy) is 2. The van der Waals surface area contributed by atoms with Crippen LogP contribution in [0.1, 0.15) is 13.8 Å². The van der Waals surface area contributed by atoms with Gasteiger partial charge in [-0.2, -0.15) is 0 Å². The van der Waals surface area contributed by atoms with E-state index in [1.165, 1.54) is 0 Å². The lowest BCUT2D eigenvalue weighted by Crippen LogP contribution is -2.48. The highest BCUT2D eigenvalue weighted by Gasteiger charge is 2.15. The molecule has 0 heterocycles. The van der Waals surface area contributed by atoms with Gasteiger partial charge in [-0.25, -0.2) is 10.2 Å². The molecule has 2 aromatic carbocycles. The van der Waals surface area contributed by atoms with Crippen molar-refractivity contribution in [1.29, 1.82) is 0 Å². The normalized spacial score (nSPS) is 11.2. The van der Waals surface area contributed by atoms with E-state index in [0.717, 1.165) is 0 Å². The molecule has 0 aromatic heterocycles. The largest absolute Gasteiger partial charge is 0.494 e. The average Bonchev–Trinajstić information content (AvgIpc) is 2.61. The van der Waals surface area contributed by atoms with Crippen LogP contribution < -0.4 is 25.6 Å². The molecule has 0 saturated carbocycles. The Labute approximate surface area is 156 Å². The lowest BCUT2D eigenvalue weighted by Gasteiger charge is -2.15. The number of hydrazine groups is 1. The molecule has 0 fully saturated rings. The molecule has 0 aliphatic rings. The van der Waals surface area contributed by atoms with E-state index in [9.17, 15) is 9.59 Å². The molecule has 138 valence electrons. The zero-order chi connectivity index (χ0) is 18.9. The molecular formula is C18H20ClN3O4. The zero-order valence-electron chi connectivity index (χ0n) is 14.4. The van der Waals surface area contributed by atoms with E-state index in [4.69, 9.17) is 21.1 Å². The standard InChI is InChI=1S/C18H20ClN3O4/c1-3-25-15-9-7-14(8-10-15)20-18(24)22-21-17(23)12(2)26-16-6-4-5-13(19)11-16/h4-12H,3H2,1-2H3,(H,21,23)(H2,20,22,24). The topological polar surface area (TPSA) is 88.7 Å². The van der Waals surface area contributed by atoms with Gasteiger partial charge in [0.1, 0.15) is 11.5 Å². The van der Waals surface area contributed by atoms with Gasteiger partial charge in [0.15, 0.2) is 6.10 Å². The van der Waals surface area contributed by atoms with Crippen LogP contribution in [0, 0.1) is 0 Å². The molecular weight excluding hydrogens is 358 g/mol. The fourth-order valence-electron chi connectivity index (χ4n) is 1.98. The minimum Gasteiger partial charge on any atom is -0.494 e. The predicted molar refractivity (Wildman–Crippen MR) is 99.5 cm³/mol. The van der Waals surface area contributed by atoms with Gasteiger partial charge in [-0.1, -0.05) is 17.7 Å². The summed E-state index contributed by atoms with van der Waals surface area (Å²) in [6, 6.07) is 13.0. The first-order chi connectivity index (χ1) is 12.5. The first-order valence-corrected chi connectivity index (χ1v) is 8.37. The molecule has 2 aromatic rings. The third-order valence-electron chi connectivity index (χ3n) is 3.20. The molecule has 3 N–H and O–H groups in total. The summed E-state index contributed by atoms with van der Waals surface area (Å²) in [6.45, 7) is 4.01. The van der Waals surface area contributed by atoms with E-state index >= 15 is 0 Å². The van der Waals surface area contributed by atoms with Crippen LogP contribution in [0.2, 0.25) is 5.02 Å². The number of rotatable bonds is 6. The van der Waals surface area contributed by atoms with Crippen molar-refractivity contribution in [1.82, 2.24) is 10.9 Å². The van der Waals surface area contributed by atoms with Gasteiger partial charge in [0.05, 0.1) is 6.61 Å². The molecule has 7 nitrogen and oxygen atoms in total. The summed E-state index contributed by atoms with van der Waals surface area (Å²) in [5.74, 6) is 0.657. The number of carbonyl (C=O) groups is 2. The van der Waals surface area contributed by atoms with Gasteiger partial charge in [0.2, 0.25) is 0 Å². The van der Waals surface area contributed by atoms with Gasteiger partial charge in [-0.3, -0.25) is 10.2 Å². The van der Waals surface area contributed by atoms with Crippen LogP contribution in [0.4, 0.5) is 10.5 Å². The van der Waals surface area contributed by atoms with Gasteiger partial charge in [-0.15, -0.1) is 0 Å². The number of hydrogen-bond acceptors (Lipinski definition) is 4. The van der Waals surface area contributed by atoms with E-state index in [1.54, 1.807) is 55.5 Å². The maximum Gasteiger partial charge on any atom is 0.337 e. The summed E-state index contributed by atoms with van der Waals surface area (Å²) in [5.41, 5.74) is 5.11. The Hall–Kier alpha value is -2.93. The molecule has 1 atom stereocenters. The van der Waals surface area contributed by atoms with Crippen LogP contribution in [0.25, 0.3) is 0 Å². The highest BCUT2D eigenvalue weighted by atomic mass is 35.5. The van der Waals surface area contributed by atoms with Crippen LogP contribution >= 0.6 is 11.6 Å². The van der Waals surface area contributed by atoms with Crippen molar-refractivity contribution in [2.45, 2.75) is 20.0 Å². The SMILES string of the molecule is CCOc1ccc(NC(=O)NNC(=O)C(C)Oc2cccc(Cl)c2)cc1. The maximum absolute atomic E-state index is 12.0. The molecule has 0 spiro atoms. The molecule has 2 rings (SSSR count). The quantitative estimate of drug-likeness (QED) is 0.673. The van der Waals surface area contributed by atoms with E-state index in [2.05, 4.69) is 16.2 Å². The van der Waals surface area contributed by atoms with Crippen LogP contribution in [-0.4, -0.2) is 24.6 Å². The summed E-state index contributed by atoms with van der Waals surface area (Å²) in [7, 11) is 0. The Bertz CT molecular complexity index is 752. The number of benzene rings is 2. The van der Waals surface area contributed by atoms with Crippen LogP contribution in [-0.2, 0) is 4.79 Å². The lowest BCUT2D eigenvalue weighted by molar-refractivity contribution is -0.127. The summed E-state index contributed by atoms with van der Waals surface area (Å²) in [5, 5.41) is 3.09. The molecule has 26 heavy (non-hydrogen) atoms. The number of halogens is 1. The van der Waals surface area contributed by atoms with Gasteiger partial charge in [-0.05, 0) is 56.3 Å². The molecule has 0 radical (unpaired) electrons. The van der Waals surface area contributed by atoms with Crippen LogP contribution in [0.5, 0.6) is 11.5 Å². The predicted octanol–water partition coefficient (Wildman–Crippen LogP) is 3.36. The van der Waals surface area contributed by atoms with E-state index in [-0.39, 0.29) is 0 Å². The summed E-state index contributed by atoms with van der Waals surface area (Å²) in [6.07, 6.45) is -0.820.